The molecule has 88 valence electrons. The Balaban J connectivity index is 4.23. The molecule has 3 nitrogen and oxygen atoms in total. The molecule has 0 aliphatic rings. The topological polar surface area (TPSA) is 44.6 Å². The third kappa shape index (κ3) is 9.01. The highest BCUT2D eigenvalue weighted by atomic mass is 35.6. The molecular formula is C5H4Cl6N2OS. The van der Waals surface area contributed by atoms with Crippen molar-refractivity contribution < 1.29 is 5.11 Å². The minimum Gasteiger partial charge on any atom is -0.369 e. The number of aliphatic hydroxyl groups excluding tert-OH is 1. The zero-order chi connectivity index (χ0) is 12.3. The lowest BCUT2D eigenvalue weighted by atomic mass is 10.6. The molecule has 0 rings (SSSR count). The molecule has 0 aromatic carbocycles. The molecule has 0 amide bonds. The average Bonchev–Trinajstić information content (AvgIpc) is 1.97. The normalized spacial score (nSPS) is 15.4. The van der Waals surface area contributed by atoms with E-state index in [9.17, 15) is 5.11 Å². The van der Waals surface area contributed by atoms with Crippen molar-refractivity contribution in [2.75, 3.05) is 0 Å². The van der Waals surface area contributed by atoms with Gasteiger partial charge in [0.15, 0.2) is 11.3 Å². The SMILES string of the molecule is OC(NC(=S)/N=C/C(Cl)(Cl)Cl)C(Cl)(Cl)Cl. The van der Waals surface area contributed by atoms with E-state index in [1.54, 1.807) is 0 Å². The molecule has 0 saturated heterocycles. The Labute approximate surface area is 122 Å². The quantitative estimate of drug-likeness (QED) is 0.330. The zero-order valence-electron chi connectivity index (χ0n) is 6.73. The summed E-state index contributed by atoms with van der Waals surface area (Å²) < 4.78 is -3.61. The Morgan fingerprint density at radius 1 is 1.27 bits per heavy atom. The van der Waals surface area contributed by atoms with Crippen molar-refractivity contribution in [2.24, 2.45) is 4.99 Å². The van der Waals surface area contributed by atoms with Gasteiger partial charge in [0.2, 0.25) is 7.59 Å². The van der Waals surface area contributed by atoms with Gasteiger partial charge in [-0.3, -0.25) is 0 Å². The summed E-state index contributed by atoms with van der Waals surface area (Å²) in [5.41, 5.74) is 0. The lowest BCUT2D eigenvalue weighted by Gasteiger charge is -2.19. The second kappa shape index (κ2) is 6.26. The monoisotopic (exact) mass is 350 g/mol. The van der Waals surface area contributed by atoms with E-state index in [0.717, 1.165) is 6.21 Å². The maximum Gasteiger partial charge on any atom is 0.234 e. The fourth-order valence-electron chi connectivity index (χ4n) is 0.368. The largest absolute Gasteiger partial charge is 0.369 e. The third-order valence-electron chi connectivity index (χ3n) is 0.898. The van der Waals surface area contributed by atoms with E-state index in [1.165, 1.54) is 0 Å². The van der Waals surface area contributed by atoms with E-state index in [2.05, 4.69) is 22.5 Å². The summed E-state index contributed by atoms with van der Waals surface area (Å²) in [5.74, 6) is 0. The minimum absolute atomic E-state index is 0.180. The first kappa shape index (κ1) is 16.3. The molecule has 1 atom stereocenters. The molecular weight excluding hydrogens is 349 g/mol. The summed E-state index contributed by atoms with van der Waals surface area (Å²) in [6.07, 6.45) is -0.569. The average molecular weight is 353 g/mol. The van der Waals surface area contributed by atoms with Gasteiger partial charge in [-0.15, -0.1) is 0 Å². The number of hydrogen-bond donors (Lipinski definition) is 2. The summed E-state index contributed by atoms with van der Waals surface area (Å²) in [6.45, 7) is 0. The van der Waals surface area contributed by atoms with Crippen LogP contribution in [-0.4, -0.2) is 30.2 Å². The van der Waals surface area contributed by atoms with Crippen molar-refractivity contribution in [1.29, 1.82) is 0 Å². The van der Waals surface area contributed by atoms with Crippen molar-refractivity contribution in [3.8, 4) is 0 Å². The second-order valence-electron chi connectivity index (χ2n) is 2.19. The number of nitrogens with zero attached hydrogens (tertiary/aromatic N) is 1. The van der Waals surface area contributed by atoms with Crippen molar-refractivity contribution in [3.63, 3.8) is 0 Å². The standard InChI is InChI=1S/C5H4Cl6N2OS/c6-4(7,8)1-12-3(15)13-2(14)5(9,10)11/h1-2,14H,(H,13,15)/b12-1+. The Bertz CT molecular complexity index is 259. The summed E-state index contributed by atoms with van der Waals surface area (Å²) in [4.78, 5) is 3.51. The molecule has 0 bridgehead atoms. The number of aliphatic hydroxyl groups is 1. The fraction of sp³-hybridized carbons (Fsp3) is 0.600. The zero-order valence-corrected chi connectivity index (χ0v) is 12.1. The van der Waals surface area contributed by atoms with E-state index in [4.69, 9.17) is 69.6 Å². The number of halogens is 6. The number of aliphatic imine (C=N–C) groups is 1. The van der Waals surface area contributed by atoms with Crippen LogP contribution in [0.5, 0.6) is 0 Å². The van der Waals surface area contributed by atoms with Crippen LogP contribution in [0, 0.1) is 0 Å². The van der Waals surface area contributed by atoms with Gasteiger partial charge < -0.3 is 10.4 Å². The van der Waals surface area contributed by atoms with Crippen LogP contribution in [0.4, 0.5) is 0 Å². The highest BCUT2D eigenvalue weighted by Crippen LogP contribution is 2.29. The van der Waals surface area contributed by atoms with E-state index in [0.29, 0.717) is 0 Å². The molecule has 15 heavy (non-hydrogen) atoms. The molecule has 2 N–H and O–H groups in total. The van der Waals surface area contributed by atoms with E-state index in [1.807, 2.05) is 0 Å². The molecule has 0 aromatic heterocycles. The van der Waals surface area contributed by atoms with Crippen LogP contribution in [0.15, 0.2) is 4.99 Å². The van der Waals surface area contributed by atoms with Crippen molar-refractivity contribution in [3.05, 3.63) is 0 Å². The summed E-state index contributed by atoms with van der Waals surface area (Å²) in [5, 5.41) is 11.2. The molecule has 0 aromatic rings. The third-order valence-corrected chi connectivity index (χ3v) is 2.03. The Morgan fingerprint density at radius 3 is 2.07 bits per heavy atom. The fourth-order valence-corrected chi connectivity index (χ4v) is 0.842. The smallest absolute Gasteiger partial charge is 0.234 e. The Kier molecular flexibility index (Phi) is 6.79. The predicted octanol–water partition coefficient (Wildman–Crippen LogP) is 2.99. The molecule has 1 unspecified atom stereocenters. The highest BCUT2D eigenvalue weighted by molar-refractivity contribution is 7.80. The van der Waals surface area contributed by atoms with Gasteiger partial charge in [-0.25, -0.2) is 4.99 Å². The van der Waals surface area contributed by atoms with Crippen molar-refractivity contribution in [2.45, 2.75) is 13.8 Å². The maximum atomic E-state index is 9.22. The Morgan fingerprint density at radius 2 is 1.73 bits per heavy atom. The minimum atomic E-state index is -1.93. The predicted molar refractivity (Wildman–Crippen MR) is 70.8 cm³/mol. The van der Waals surface area contributed by atoms with E-state index >= 15 is 0 Å². The van der Waals surface area contributed by atoms with Crippen LogP contribution in [0.3, 0.4) is 0 Å². The van der Waals surface area contributed by atoms with Crippen LogP contribution >= 0.6 is 81.8 Å². The van der Waals surface area contributed by atoms with Gasteiger partial charge in [-0.05, 0) is 12.2 Å². The molecule has 0 heterocycles. The van der Waals surface area contributed by atoms with Crippen LogP contribution in [0.2, 0.25) is 0 Å². The molecule has 0 radical (unpaired) electrons. The molecule has 0 aliphatic heterocycles. The van der Waals surface area contributed by atoms with Crippen LogP contribution in [0.25, 0.3) is 0 Å². The number of rotatable bonds is 1. The van der Waals surface area contributed by atoms with Crippen LogP contribution < -0.4 is 5.32 Å². The summed E-state index contributed by atoms with van der Waals surface area (Å²) >= 11 is 36.8. The molecule has 0 fully saturated rings. The highest BCUT2D eigenvalue weighted by Gasteiger charge is 2.31. The summed E-state index contributed by atoms with van der Waals surface area (Å²) in [7, 11) is 0. The van der Waals surface area contributed by atoms with E-state index < -0.39 is 13.8 Å². The number of alkyl halides is 6. The van der Waals surface area contributed by atoms with Gasteiger partial charge in [-0.2, -0.15) is 0 Å². The van der Waals surface area contributed by atoms with Crippen LogP contribution in [-0.2, 0) is 0 Å². The lowest BCUT2D eigenvalue weighted by molar-refractivity contribution is 0.164. The lowest BCUT2D eigenvalue weighted by Crippen LogP contribution is -2.42. The maximum absolute atomic E-state index is 9.22. The number of hydrogen-bond acceptors (Lipinski definition) is 2. The molecule has 10 heteroatoms. The van der Waals surface area contributed by atoms with Gasteiger partial charge in [0, 0.05) is 0 Å². The first-order valence-electron chi connectivity index (χ1n) is 3.19. The molecule has 0 saturated carbocycles. The van der Waals surface area contributed by atoms with Crippen molar-refractivity contribution >= 4 is 93.2 Å². The van der Waals surface area contributed by atoms with Gasteiger partial charge in [-0.1, -0.05) is 69.6 Å². The first-order chi connectivity index (χ1) is 6.52. The second-order valence-corrected chi connectivity index (χ2v) is 7.32. The number of thiocarbonyl (C=S) groups is 1. The Hall–Kier alpha value is 1.26. The van der Waals surface area contributed by atoms with Crippen molar-refractivity contribution in [1.82, 2.24) is 5.32 Å². The molecule has 0 aliphatic carbocycles. The summed E-state index contributed by atoms with van der Waals surface area (Å²) in [6, 6.07) is 0. The van der Waals surface area contributed by atoms with Gasteiger partial charge in [0.25, 0.3) is 0 Å². The molecule has 0 spiro atoms. The van der Waals surface area contributed by atoms with Gasteiger partial charge >= 0.3 is 0 Å². The van der Waals surface area contributed by atoms with Gasteiger partial charge in [0.05, 0.1) is 6.21 Å². The van der Waals surface area contributed by atoms with Gasteiger partial charge in [0.1, 0.15) is 0 Å². The van der Waals surface area contributed by atoms with E-state index in [-0.39, 0.29) is 5.11 Å². The number of nitrogens with one attached hydrogen (secondary N) is 1. The van der Waals surface area contributed by atoms with Crippen LogP contribution in [0.1, 0.15) is 0 Å². The first-order valence-corrected chi connectivity index (χ1v) is 5.87.